The average Bonchev–Trinajstić information content (AvgIpc) is 2.83. The van der Waals surface area contributed by atoms with Crippen LogP contribution in [0.15, 0.2) is 0 Å². The van der Waals surface area contributed by atoms with Crippen LogP contribution in [0.3, 0.4) is 0 Å². The molecule has 0 spiro atoms. The molecule has 0 heterocycles. The zero-order valence-corrected chi connectivity index (χ0v) is 10.9. The minimum Gasteiger partial charge on any atom is -0.313 e. The van der Waals surface area contributed by atoms with Crippen molar-refractivity contribution in [2.75, 3.05) is 12.3 Å². The molecule has 1 aliphatic rings. The molecule has 0 aromatic carbocycles. The van der Waals surface area contributed by atoms with Gasteiger partial charge in [-0.1, -0.05) is 40.5 Å². The summed E-state index contributed by atoms with van der Waals surface area (Å²) in [5, 5.41) is 3.61. The molecule has 0 aliphatic heterocycles. The molecule has 0 radical (unpaired) electrons. The molecule has 0 saturated heterocycles. The molecule has 1 N–H and O–H groups in total. The molecule has 0 amide bonds. The van der Waals surface area contributed by atoms with Crippen LogP contribution >= 0.6 is 11.8 Å². The predicted octanol–water partition coefficient (Wildman–Crippen LogP) is 3.30. The van der Waals surface area contributed by atoms with E-state index in [2.05, 4.69) is 44.8 Å². The third kappa shape index (κ3) is 5.92. The van der Waals surface area contributed by atoms with Gasteiger partial charge in [0.2, 0.25) is 0 Å². The largest absolute Gasteiger partial charge is 0.313 e. The van der Waals surface area contributed by atoms with Gasteiger partial charge in [-0.15, -0.1) is 0 Å². The van der Waals surface area contributed by atoms with E-state index in [-0.39, 0.29) is 0 Å². The van der Waals surface area contributed by atoms with E-state index in [9.17, 15) is 0 Å². The van der Waals surface area contributed by atoms with Gasteiger partial charge in [0.25, 0.3) is 0 Å². The molecule has 1 unspecified atom stereocenters. The van der Waals surface area contributed by atoms with Gasteiger partial charge in [-0.05, 0) is 18.9 Å². The van der Waals surface area contributed by atoms with E-state index in [1.54, 1.807) is 0 Å². The molecule has 1 fully saturated rings. The highest BCUT2D eigenvalue weighted by molar-refractivity contribution is 8.00. The number of rotatable bonds is 6. The molecule has 14 heavy (non-hydrogen) atoms. The van der Waals surface area contributed by atoms with Gasteiger partial charge in [0.15, 0.2) is 0 Å². The molecule has 0 aromatic rings. The van der Waals surface area contributed by atoms with E-state index in [0.29, 0.717) is 4.75 Å². The SMILES string of the molecule is CCNC(CSC(C)(C)C)CC1CC1. The van der Waals surface area contributed by atoms with Crippen LogP contribution in [-0.2, 0) is 0 Å². The van der Waals surface area contributed by atoms with Crippen LogP contribution in [0.5, 0.6) is 0 Å². The Hall–Kier alpha value is 0.310. The van der Waals surface area contributed by atoms with Gasteiger partial charge in [-0.2, -0.15) is 11.8 Å². The van der Waals surface area contributed by atoms with Crippen molar-refractivity contribution in [1.82, 2.24) is 5.32 Å². The summed E-state index contributed by atoms with van der Waals surface area (Å²) in [5.41, 5.74) is 0. The molecule has 2 heteroatoms. The van der Waals surface area contributed by atoms with Crippen LogP contribution in [0.1, 0.15) is 47.0 Å². The van der Waals surface area contributed by atoms with Crippen LogP contribution in [0.25, 0.3) is 0 Å². The molecule has 1 saturated carbocycles. The number of nitrogens with one attached hydrogen (secondary N) is 1. The van der Waals surface area contributed by atoms with Crippen molar-refractivity contribution in [3.05, 3.63) is 0 Å². The molecular weight excluding hydrogens is 190 g/mol. The van der Waals surface area contributed by atoms with Gasteiger partial charge in [0.05, 0.1) is 0 Å². The lowest BCUT2D eigenvalue weighted by molar-refractivity contribution is 0.506. The quantitative estimate of drug-likeness (QED) is 0.729. The summed E-state index contributed by atoms with van der Waals surface area (Å²) in [6.07, 6.45) is 4.35. The summed E-state index contributed by atoms with van der Waals surface area (Å²) in [5.74, 6) is 2.31. The first-order valence-electron chi connectivity index (χ1n) is 5.88. The Morgan fingerprint density at radius 3 is 2.43 bits per heavy atom. The Labute approximate surface area is 93.4 Å². The molecule has 1 nitrogen and oxygen atoms in total. The third-order valence-electron chi connectivity index (χ3n) is 2.53. The van der Waals surface area contributed by atoms with Gasteiger partial charge >= 0.3 is 0 Å². The smallest absolute Gasteiger partial charge is 0.0160 e. The summed E-state index contributed by atoms with van der Waals surface area (Å²) in [6.45, 7) is 10.2. The van der Waals surface area contributed by atoms with Crippen LogP contribution in [0.4, 0.5) is 0 Å². The first kappa shape index (κ1) is 12.4. The van der Waals surface area contributed by atoms with Crippen molar-refractivity contribution in [3.63, 3.8) is 0 Å². The molecule has 1 atom stereocenters. The first-order valence-corrected chi connectivity index (χ1v) is 6.87. The van der Waals surface area contributed by atoms with E-state index in [0.717, 1.165) is 18.5 Å². The van der Waals surface area contributed by atoms with E-state index >= 15 is 0 Å². The van der Waals surface area contributed by atoms with Crippen LogP contribution in [0, 0.1) is 5.92 Å². The maximum Gasteiger partial charge on any atom is 0.0160 e. The molecular formula is C12H25NS. The zero-order valence-electron chi connectivity index (χ0n) is 10.1. The second-order valence-corrected chi connectivity index (χ2v) is 7.20. The van der Waals surface area contributed by atoms with Crippen molar-refractivity contribution < 1.29 is 0 Å². The fourth-order valence-electron chi connectivity index (χ4n) is 1.61. The minimum atomic E-state index is 0.414. The Morgan fingerprint density at radius 2 is 2.00 bits per heavy atom. The first-order chi connectivity index (χ1) is 6.51. The van der Waals surface area contributed by atoms with Gasteiger partial charge < -0.3 is 5.32 Å². The van der Waals surface area contributed by atoms with Gasteiger partial charge in [-0.25, -0.2) is 0 Å². The second kappa shape index (κ2) is 5.41. The highest BCUT2D eigenvalue weighted by Gasteiger charge is 2.25. The number of hydrogen-bond acceptors (Lipinski definition) is 2. The van der Waals surface area contributed by atoms with Crippen molar-refractivity contribution in [2.24, 2.45) is 5.92 Å². The lowest BCUT2D eigenvalue weighted by atomic mass is 10.1. The summed E-state index contributed by atoms with van der Waals surface area (Å²) >= 11 is 2.09. The third-order valence-corrected chi connectivity index (χ3v) is 3.96. The highest BCUT2D eigenvalue weighted by atomic mass is 32.2. The Balaban J connectivity index is 2.19. The normalized spacial score (nSPS) is 19.7. The monoisotopic (exact) mass is 215 g/mol. The van der Waals surface area contributed by atoms with Crippen molar-refractivity contribution >= 4 is 11.8 Å². The summed E-state index contributed by atoms with van der Waals surface area (Å²) in [7, 11) is 0. The van der Waals surface area contributed by atoms with Crippen molar-refractivity contribution in [3.8, 4) is 0 Å². The molecule has 1 aliphatic carbocycles. The minimum absolute atomic E-state index is 0.414. The van der Waals surface area contributed by atoms with E-state index in [1.807, 2.05) is 0 Å². The number of thioether (sulfide) groups is 1. The van der Waals surface area contributed by atoms with E-state index in [1.165, 1.54) is 25.0 Å². The Kier molecular flexibility index (Phi) is 4.78. The van der Waals surface area contributed by atoms with Crippen LogP contribution in [0.2, 0.25) is 0 Å². The summed E-state index contributed by atoms with van der Waals surface area (Å²) in [6, 6.07) is 0.747. The summed E-state index contributed by atoms with van der Waals surface area (Å²) in [4.78, 5) is 0. The Bertz CT molecular complexity index is 158. The van der Waals surface area contributed by atoms with Gasteiger partial charge in [-0.3, -0.25) is 0 Å². The topological polar surface area (TPSA) is 12.0 Å². The van der Waals surface area contributed by atoms with Crippen LogP contribution < -0.4 is 5.32 Å². The standard InChI is InChI=1S/C12H25NS/c1-5-13-11(8-10-6-7-10)9-14-12(2,3)4/h10-11,13H,5-9H2,1-4H3. The second-order valence-electron chi connectivity index (χ2n) is 5.36. The fraction of sp³-hybridized carbons (Fsp3) is 1.00. The highest BCUT2D eigenvalue weighted by Crippen LogP contribution is 2.35. The van der Waals surface area contributed by atoms with Gasteiger partial charge in [0, 0.05) is 16.5 Å². The number of hydrogen-bond donors (Lipinski definition) is 1. The van der Waals surface area contributed by atoms with E-state index < -0.39 is 0 Å². The predicted molar refractivity (Wildman–Crippen MR) is 67.0 cm³/mol. The summed E-state index contributed by atoms with van der Waals surface area (Å²) < 4.78 is 0.414. The maximum absolute atomic E-state index is 3.61. The van der Waals surface area contributed by atoms with Crippen LogP contribution in [-0.4, -0.2) is 23.1 Å². The maximum atomic E-state index is 3.61. The molecule has 1 rings (SSSR count). The molecule has 0 aromatic heterocycles. The lowest BCUT2D eigenvalue weighted by Crippen LogP contribution is -2.33. The average molecular weight is 215 g/mol. The fourth-order valence-corrected chi connectivity index (χ4v) is 2.56. The molecule has 0 bridgehead atoms. The van der Waals surface area contributed by atoms with Crippen molar-refractivity contribution in [1.29, 1.82) is 0 Å². The zero-order chi connectivity index (χ0) is 10.6. The van der Waals surface area contributed by atoms with E-state index in [4.69, 9.17) is 0 Å². The Morgan fingerprint density at radius 1 is 1.36 bits per heavy atom. The van der Waals surface area contributed by atoms with Gasteiger partial charge in [0.1, 0.15) is 0 Å². The lowest BCUT2D eigenvalue weighted by Gasteiger charge is -2.23. The van der Waals surface area contributed by atoms with Crippen molar-refractivity contribution in [2.45, 2.75) is 57.7 Å². The molecule has 84 valence electrons.